The maximum Gasteiger partial charge on any atom is 0.298 e. The van der Waals surface area contributed by atoms with E-state index >= 15 is 0 Å². The van der Waals surface area contributed by atoms with Crippen molar-refractivity contribution in [2.75, 3.05) is 6.54 Å². The average Bonchev–Trinajstić information content (AvgIpc) is 2.36. The van der Waals surface area contributed by atoms with Gasteiger partial charge in [0.05, 0.1) is 0 Å². The molecule has 1 rings (SSSR count). The summed E-state index contributed by atoms with van der Waals surface area (Å²) in [5.41, 5.74) is 0. The van der Waals surface area contributed by atoms with Crippen LogP contribution in [0.2, 0.25) is 0 Å². The van der Waals surface area contributed by atoms with Crippen LogP contribution in [0, 0.1) is 11.8 Å². The minimum atomic E-state index is -0.0162. The molecule has 60 valence electrons. The molecule has 0 aromatic carbocycles. The molecule has 0 N–H and O–H groups in total. The lowest BCUT2D eigenvalue weighted by molar-refractivity contribution is -0.125. The van der Waals surface area contributed by atoms with Gasteiger partial charge in [-0.2, -0.15) is 0 Å². The lowest BCUT2D eigenvalue weighted by Gasteiger charge is -2.17. The van der Waals surface area contributed by atoms with Crippen molar-refractivity contribution >= 4 is 5.91 Å². The summed E-state index contributed by atoms with van der Waals surface area (Å²) in [4.78, 5) is 13.1. The summed E-state index contributed by atoms with van der Waals surface area (Å²) in [5.74, 6) is 5.16. The summed E-state index contributed by atoms with van der Waals surface area (Å²) in [6.07, 6.45) is 2.25. The minimum absolute atomic E-state index is 0.0162. The van der Waals surface area contributed by atoms with Gasteiger partial charge in [-0.1, -0.05) is 5.92 Å². The zero-order chi connectivity index (χ0) is 8.27. The summed E-state index contributed by atoms with van der Waals surface area (Å²) >= 11 is 0. The molecule has 0 aromatic heterocycles. The molecule has 0 radical (unpaired) electrons. The van der Waals surface area contributed by atoms with E-state index in [9.17, 15) is 4.79 Å². The Morgan fingerprint density at radius 2 is 2.36 bits per heavy atom. The van der Waals surface area contributed by atoms with E-state index < -0.39 is 0 Å². The fourth-order valence-corrected chi connectivity index (χ4v) is 1.41. The molecule has 1 aliphatic rings. The van der Waals surface area contributed by atoms with Crippen molar-refractivity contribution < 1.29 is 4.79 Å². The van der Waals surface area contributed by atoms with E-state index in [0.717, 1.165) is 19.4 Å². The van der Waals surface area contributed by atoms with Crippen molar-refractivity contribution in [3.8, 4) is 11.8 Å². The van der Waals surface area contributed by atoms with Gasteiger partial charge in [0.1, 0.15) is 0 Å². The van der Waals surface area contributed by atoms with Gasteiger partial charge in [0, 0.05) is 12.6 Å². The van der Waals surface area contributed by atoms with Gasteiger partial charge in [-0.05, 0) is 32.6 Å². The highest BCUT2D eigenvalue weighted by Crippen LogP contribution is 2.15. The molecule has 0 spiro atoms. The topological polar surface area (TPSA) is 20.3 Å². The summed E-state index contributed by atoms with van der Waals surface area (Å²) in [5, 5.41) is 0. The highest BCUT2D eigenvalue weighted by atomic mass is 16.2. The first-order valence-electron chi connectivity index (χ1n) is 3.99. The third kappa shape index (κ3) is 1.74. The Labute approximate surface area is 67.6 Å². The van der Waals surface area contributed by atoms with Crippen molar-refractivity contribution in [1.82, 2.24) is 4.90 Å². The molecule has 1 unspecified atom stereocenters. The second-order valence-electron chi connectivity index (χ2n) is 2.86. The number of amides is 1. The first-order chi connectivity index (χ1) is 5.25. The molecule has 11 heavy (non-hydrogen) atoms. The summed E-state index contributed by atoms with van der Waals surface area (Å²) in [7, 11) is 0. The van der Waals surface area contributed by atoms with Gasteiger partial charge in [0.2, 0.25) is 0 Å². The number of hydrogen-bond acceptors (Lipinski definition) is 1. The molecule has 1 atom stereocenters. The molecule has 1 amide bonds. The number of rotatable bonds is 0. The van der Waals surface area contributed by atoms with Gasteiger partial charge in [0.25, 0.3) is 5.91 Å². The average molecular weight is 151 g/mol. The lowest BCUT2D eigenvalue weighted by Crippen LogP contribution is -2.32. The van der Waals surface area contributed by atoms with Crippen LogP contribution < -0.4 is 0 Å². The van der Waals surface area contributed by atoms with Gasteiger partial charge < -0.3 is 4.90 Å². The Morgan fingerprint density at radius 1 is 1.64 bits per heavy atom. The third-order valence-electron chi connectivity index (χ3n) is 2.05. The molecule has 2 nitrogen and oxygen atoms in total. The van der Waals surface area contributed by atoms with E-state index in [1.165, 1.54) is 0 Å². The van der Waals surface area contributed by atoms with E-state index in [1.807, 2.05) is 4.90 Å². The first kappa shape index (κ1) is 8.13. The fraction of sp³-hybridized carbons (Fsp3) is 0.667. The van der Waals surface area contributed by atoms with E-state index in [-0.39, 0.29) is 5.91 Å². The molecule has 1 fully saturated rings. The number of nitrogens with zero attached hydrogens (tertiary/aromatic N) is 1. The van der Waals surface area contributed by atoms with Crippen LogP contribution in [-0.2, 0) is 4.79 Å². The van der Waals surface area contributed by atoms with E-state index in [4.69, 9.17) is 0 Å². The van der Waals surface area contributed by atoms with Crippen molar-refractivity contribution in [2.24, 2.45) is 0 Å². The Kier molecular flexibility index (Phi) is 2.53. The highest BCUT2D eigenvalue weighted by molar-refractivity contribution is 5.93. The van der Waals surface area contributed by atoms with Crippen LogP contribution in [0.1, 0.15) is 26.7 Å². The van der Waals surface area contributed by atoms with Crippen molar-refractivity contribution in [1.29, 1.82) is 0 Å². The minimum Gasteiger partial charge on any atom is -0.329 e. The molecule has 0 aromatic rings. The predicted molar refractivity (Wildman–Crippen MR) is 43.9 cm³/mol. The summed E-state index contributed by atoms with van der Waals surface area (Å²) in [6, 6.07) is 0.392. The monoisotopic (exact) mass is 151 g/mol. The third-order valence-corrected chi connectivity index (χ3v) is 2.05. The molecule has 2 heteroatoms. The standard InChI is InChI=1S/C9H13NO/c1-3-5-9(11)10-7-4-6-8(10)2/h8H,4,6-7H2,1-2H3. The SMILES string of the molecule is CC#CC(=O)N1CCCC1C. The molecular weight excluding hydrogens is 138 g/mol. The van der Waals surface area contributed by atoms with Crippen molar-refractivity contribution in [3.63, 3.8) is 0 Å². The largest absolute Gasteiger partial charge is 0.329 e. The Bertz CT molecular complexity index is 211. The van der Waals surface area contributed by atoms with Crippen LogP contribution in [0.15, 0.2) is 0 Å². The number of carbonyl (C=O) groups is 1. The van der Waals surface area contributed by atoms with E-state index in [1.54, 1.807) is 6.92 Å². The molecule has 0 bridgehead atoms. The number of carbonyl (C=O) groups excluding carboxylic acids is 1. The van der Waals surface area contributed by atoms with Gasteiger partial charge >= 0.3 is 0 Å². The molecule has 1 aliphatic heterocycles. The maximum absolute atomic E-state index is 11.2. The Morgan fingerprint density at radius 3 is 2.82 bits per heavy atom. The molecule has 1 heterocycles. The predicted octanol–water partition coefficient (Wildman–Crippen LogP) is 1.02. The van der Waals surface area contributed by atoms with E-state index in [0.29, 0.717) is 6.04 Å². The van der Waals surface area contributed by atoms with Crippen LogP contribution in [-0.4, -0.2) is 23.4 Å². The zero-order valence-electron chi connectivity index (χ0n) is 7.05. The summed E-state index contributed by atoms with van der Waals surface area (Å²) in [6.45, 7) is 4.65. The van der Waals surface area contributed by atoms with Crippen LogP contribution in [0.4, 0.5) is 0 Å². The van der Waals surface area contributed by atoms with Crippen LogP contribution >= 0.6 is 0 Å². The van der Waals surface area contributed by atoms with Crippen LogP contribution in [0.5, 0.6) is 0 Å². The van der Waals surface area contributed by atoms with Crippen LogP contribution in [0.25, 0.3) is 0 Å². The molecular formula is C9H13NO. The van der Waals surface area contributed by atoms with Crippen molar-refractivity contribution in [3.05, 3.63) is 0 Å². The van der Waals surface area contributed by atoms with Crippen LogP contribution in [0.3, 0.4) is 0 Å². The zero-order valence-corrected chi connectivity index (χ0v) is 7.05. The molecule has 0 aliphatic carbocycles. The smallest absolute Gasteiger partial charge is 0.298 e. The van der Waals surface area contributed by atoms with Gasteiger partial charge in [0.15, 0.2) is 0 Å². The number of likely N-dealkylation sites (tertiary alicyclic amines) is 1. The Hall–Kier alpha value is -0.970. The quantitative estimate of drug-likeness (QED) is 0.473. The van der Waals surface area contributed by atoms with E-state index in [2.05, 4.69) is 18.8 Å². The number of hydrogen-bond donors (Lipinski definition) is 0. The lowest BCUT2D eigenvalue weighted by atomic mass is 10.2. The second-order valence-corrected chi connectivity index (χ2v) is 2.86. The maximum atomic E-state index is 11.2. The molecule has 0 saturated carbocycles. The van der Waals surface area contributed by atoms with Gasteiger partial charge in [-0.25, -0.2) is 0 Å². The van der Waals surface area contributed by atoms with Gasteiger partial charge in [-0.15, -0.1) is 0 Å². The second kappa shape index (κ2) is 3.43. The normalized spacial score (nSPS) is 22.7. The highest BCUT2D eigenvalue weighted by Gasteiger charge is 2.23. The Balaban J connectivity index is 2.57. The first-order valence-corrected chi connectivity index (χ1v) is 3.99. The van der Waals surface area contributed by atoms with Gasteiger partial charge in [-0.3, -0.25) is 4.79 Å². The summed E-state index contributed by atoms with van der Waals surface area (Å²) < 4.78 is 0. The fourth-order valence-electron chi connectivity index (χ4n) is 1.41. The van der Waals surface area contributed by atoms with Crippen molar-refractivity contribution in [2.45, 2.75) is 32.7 Å². The molecule has 1 saturated heterocycles.